The first-order chi connectivity index (χ1) is 13.1. The van der Waals surface area contributed by atoms with Gasteiger partial charge in [-0.2, -0.15) is 0 Å². The van der Waals surface area contributed by atoms with Crippen molar-refractivity contribution in [2.24, 2.45) is 0 Å². The van der Waals surface area contributed by atoms with Crippen LogP contribution in [0.4, 0.5) is 0 Å². The third kappa shape index (κ3) is 4.82. The van der Waals surface area contributed by atoms with Gasteiger partial charge in [-0.1, -0.05) is 24.3 Å². The zero-order valence-electron chi connectivity index (χ0n) is 15.8. The minimum absolute atomic E-state index is 0.157. The second-order valence-electron chi connectivity index (χ2n) is 6.63. The fourth-order valence-electron chi connectivity index (χ4n) is 3.34. The molecule has 0 radical (unpaired) electrons. The molecule has 6 heteroatoms. The van der Waals surface area contributed by atoms with Crippen molar-refractivity contribution < 1.29 is 14.3 Å². The van der Waals surface area contributed by atoms with Gasteiger partial charge in [-0.15, -0.1) is 0 Å². The van der Waals surface area contributed by atoms with Gasteiger partial charge in [-0.25, -0.2) is 0 Å². The van der Waals surface area contributed by atoms with Crippen molar-refractivity contribution in [3.05, 3.63) is 57.6 Å². The van der Waals surface area contributed by atoms with E-state index in [-0.39, 0.29) is 5.91 Å². The van der Waals surface area contributed by atoms with Gasteiger partial charge < -0.3 is 14.8 Å². The highest BCUT2D eigenvalue weighted by Gasteiger charge is 2.16. The van der Waals surface area contributed by atoms with Gasteiger partial charge in [0.15, 0.2) is 0 Å². The van der Waals surface area contributed by atoms with Gasteiger partial charge in [-0.05, 0) is 65.1 Å². The SMILES string of the molecule is COc1cc(C(=O)NCc2ccccc2CN2CCCC2)cc(OC)c1Br. The Labute approximate surface area is 168 Å². The van der Waals surface area contributed by atoms with Gasteiger partial charge in [0, 0.05) is 18.7 Å². The highest BCUT2D eigenvalue weighted by molar-refractivity contribution is 9.10. The largest absolute Gasteiger partial charge is 0.495 e. The summed E-state index contributed by atoms with van der Waals surface area (Å²) in [5.41, 5.74) is 2.92. The molecule has 0 atom stereocenters. The van der Waals surface area contributed by atoms with Crippen LogP contribution in [0.2, 0.25) is 0 Å². The maximum atomic E-state index is 12.7. The minimum Gasteiger partial charge on any atom is -0.495 e. The lowest BCUT2D eigenvalue weighted by Gasteiger charge is -2.18. The zero-order valence-corrected chi connectivity index (χ0v) is 17.3. The topological polar surface area (TPSA) is 50.8 Å². The molecule has 1 aliphatic rings. The van der Waals surface area contributed by atoms with Crippen molar-refractivity contribution in [2.45, 2.75) is 25.9 Å². The highest BCUT2D eigenvalue weighted by Crippen LogP contribution is 2.35. The monoisotopic (exact) mass is 432 g/mol. The molecule has 1 fully saturated rings. The lowest BCUT2D eigenvalue weighted by Crippen LogP contribution is -2.25. The van der Waals surface area contributed by atoms with Gasteiger partial charge in [0.25, 0.3) is 5.91 Å². The number of nitrogens with zero attached hydrogens (tertiary/aromatic N) is 1. The Morgan fingerprint density at radius 2 is 1.67 bits per heavy atom. The van der Waals surface area contributed by atoms with Gasteiger partial charge in [-0.3, -0.25) is 9.69 Å². The molecule has 0 aliphatic carbocycles. The van der Waals surface area contributed by atoms with E-state index in [1.165, 1.54) is 18.4 Å². The molecular weight excluding hydrogens is 408 g/mol. The molecule has 3 rings (SSSR count). The van der Waals surface area contributed by atoms with Crippen molar-refractivity contribution in [1.29, 1.82) is 0 Å². The number of likely N-dealkylation sites (tertiary alicyclic amines) is 1. The minimum atomic E-state index is -0.157. The molecule has 2 aromatic carbocycles. The summed E-state index contributed by atoms with van der Waals surface area (Å²) in [4.78, 5) is 15.1. The molecule has 1 aliphatic heterocycles. The Hall–Kier alpha value is -2.05. The quantitative estimate of drug-likeness (QED) is 0.718. The number of carbonyl (C=O) groups is 1. The van der Waals surface area contributed by atoms with E-state index >= 15 is 0 Å². The van der Waals surface area contributed by atoms with E-state index in [0.29, 0.717) is 28.1 Å². The van der Waals surface area contributed by atoms with Crippen molar-refractivity contribution in [3.63, 3.8) is 0 Å². The van der Waals surface area contributed by atoms with Crippen LogP contribution in [0.3, 0.4) is 0 Å². The van der Waals surface area contributed by atoms with Crippen LogP contribution < -0.4 is 14.8 Å². The fraction of sp³-hybridized carbons (Fsp3) is 0.381. The molecule has 0 bridgehead atoms. The molecule has 27 heavy (non-hydrogen) atoms. The fourth-order valence-corrected chi connectivity index (χ4v) is 3.90. The summed E-state index contributed by atoms with van der Waals surface area (Å²) in [5, 5.41) is 3.02. The molecular formula is C21H25BrN2O3. The normalized spacial score (nSPS) is 14.2. The van der Waals surface area contributed by atoms with Crippen LogP contribution >= 0.6 is 15.9 Å². The molecule has 144 valence electrons. The van der Waals surface area contributed by atoms with E-state index in [9.17, 15) is 4.79 Å². The molecule has 1 N–H and O–H groups in total. The number of amides is 1. The van der Waals surface area contributed by atoms with E-state index in [0.717, 1.165) is 25.2 Å². The van der Waals surface area contributed by atoms with Crippen LogP contribution in [0.15, 0.2) is 40.9 Å². The zero-order chi connectivity index (χ0) is 19.2. The lowest BCUT2D eigenvalue weighted by molar-refractivity contribution is 0.0950. The smallest absolute Gasteiger partial charge is 0.251 e. The first-order valence-corrected chi connectivity index (χ1v) is 9.90. The summed E-state index contributed by atoms with van der Waals surface area (Å²) >= 11 is 3.43. The number of rotatable bonds is 7. The Bertz CT molecular complexity index is 779. The third-order valence-corrected chi connectivity index (χ3v) is 5.64. The van der Waals surface area contributed by atoms with Gasteiger partial charge in [0.2, 0.25) is 0 Å². The van der Waals surface area contributed by atoms with Crippen molar-refractivity contribution in [1.82, 2.24) is 10.2 Å². The molecule has 0 spiro atoms. The predicted octanol–water partition coefficient (Wildman–Crippen LogP) is 3.99. The second kappa shape index (κ2) is 9.24. The van der Waals surface area contributed by atoms with E-state index in [1.807, 2.05) is 6.07 Å². The highest BCUT2D eigenvalue weighted by atomic mass is 79.9. The van der Waals surface area contributed by atoms with Crippen LogP contribution in [0.1, 0.15) is 34.3 Å². The number of nitrogens with one attached hydrogen (secondary N) is 1. The molecule has 0 saturated carbocycles. The summed E-state index contributed by atoms with van der Waals surface area (Å²) in [7, 11) is 3.13. The number of benzene rings is 2. The Morgan fingerprint density at radius 3 is 2.26 bits per heavy atom. The number of hydrogen-bond acceptors (Lipinski definition) is 4. The first kappa shape index (κ1) is 19.7. The first-order valence-electron chi connectivity index (χ1n) is 9.11. The number of carbonyl (C=O) groups excluding carboxylic acids is 1. The van der Waals surface area contributed by atoms with Crippen molar-refractivity contribution >= 4 is 21.8 Å². The van der Waals surface area contributed by atoms with E-state index in [1.54, 1.807) is 26.4 Å². The standard InChI is InChI=1S/C21H25BrN2O3/c1-26-18-11-17(12-19(27-2)20(18)22)21(25)23-13-15-7-3-4-8-16(15)14-24-9-5-6-10-24/h3-4,7-8,11-12H,5-6,9-10,13-14H2,1-2H3,(H,23,25). The predicted molar refractivity (Wildman–Crippen MR) is 109 cm³/mol. The maximum Gasteiger partial charge on any atom is 0.251 e. The van der Waals surface area contributed by atoms with Crippen molar-refractivity contribution in [2.75, 3.05) is 27.3 Å². The van der Waals surface area contributed by atoms with Gasteiger partial charge >= 0.3 is 0 Å². The Morgan fingerprint density at radius 1 is 1.07 bits per heavy atom. The Kier molecular flexibility index (Phi) is 6.74. The van der Waals surface area contributed by atoms with E-state index < -0.39 is 0 Å². The van der Waals surface area contributed by atoms with Gasteiger partial charge in [0.05, 0.1) is 14.2 Å². The van der Waals surface area contributed by atoms with Crippen LogP contribution in [-0.4, -0.2) is 38.1 Å². The molecule has 1 saturated heterocycles. The van der Waals surface area contributed by atoms with Gasteiger partial charge in [0.1, 0.15) is 16.0 Å². The molecule has 1 amide bonds. The third-order valence-electron chi connectivity index (χ3n) is 4.86. The average Bonchev–Trinajstić information content (AvgIpc) is 3.20. The van der Waals surface area contributed by atoms with Crippen LogP contribution in [0.5, 0.6) is 11.5 Å². The van der Waals surface area contributed by atoms with Crippen LogP contribution in [0, 0.1) is 0 Å². The number of hydrogen-bond donors (Lipinski definition) is 1. The summed E-state index contributed by atoms with van der Waals surface area (Å²) in [6.45, 7) is 3.73. The van der Waals surface area contributed by atoms with Crippen LogP contribution in [0.25, 0.3) is 0 Å². The summed E-state index contributed by atoms with van der Waals surface area (Å²) in [6.07, 6.45) is 2.54. The number of ether oxygens (including phenoxy) is 2. The molecule has 0 aromatic heterocycles. The average molecular weight is 433 g/mol. The summed E-state index contributed by atoms with van der Waals surface area (Å²) in [5.74, 6) is 0.970. The lowest BCUT2D eigenvalue weighted by atomic mass is 10.1. The summed E-state index contributed by atoms with van der Waals surface area (Å²) < 4.78 is 11.3. The molecule has 0 unspecified atom stereocenters. The second-order valence-corrected chi connectivity index (χ2v) is 7.42. The van der Waals surface area contributed by atoms with Crippen molar-refractivity contribution in [3.8, 4) is 11.5 Å². The Balaban J connectivity index is 1.71. The molecule has 1 heterocycles. The van der Waals surface area contributed by atoms with Crippen LogP contribution in [-0.2, 0) is 13.1 Å². The molecule has 2 aromatic rings. The maximum absolute atomic E-state index is 12.7. The number of halogens is 1. The summed E-state index contributed by atoms with van der Waals surface area (Å²) in [6, 6.07) is 11.7. The molecule has 5 nitrogen and oxygen atoms in total. The number of methoxy groups -OCH3 is 2. The van der Waals surface area contributed by atoms with E-state index in [2.05, 4.69) is 44.3 Å². The van der Waals surface area contributed by atoms with E-state index in [4.69, 9.17) is 9.47 Å².